The van der Waals surface area contributed by atoms with Crippen LogP contribution in [0.1, 0.15) is 54.4 Å². The predicted octanol–water partition coefficient (Wildman–Crippen LogP) is 1.81. The van der Waals surface area contributed by atoms with Crippen LogP contribution in [0.2, 0.25) is 0 Å². The Hall–Kier alpha value is -1.87. The highest BCUT2D eigenvalue weighted by atomic mass is 16.7. The van der Waals surface area contributed by atoms with Gasteiger partial charge in [0.05, 0.1) is 19.8 Å². The Morgan fingerprint density at radius 2 is 1.50 bits per heavy atom. The predicted molar refractivity (Wildman–Crippen MR) is 92.0 cm³/mol. The summed E-state index contributed by atoms with van der Waals surface area (Å²) in [6, 6.07) is -1.30. The molecule has 0 fully saturated rings. The van der Waals surface area contributed by atoms with Crippen molar-refractivity contribution in [2.24, 2.45) is 0 Å². The summed E-state index contributed by atoms with van der Waals surface area (Å²) >= 11 is 0. The van der Waals surface area contributed by atoms with Crippen LogP contribution in [-0.2, 0) is 28.5 Å². The molecule has 0 aliphatic carbocycles. The van der Waals surface area contributed by atoms with Gasteiger partial charge >= 0.3 is 18.0 Å². The van der Waals surface area contributed by atoms with Gasteiger partial charge in [0.15, 0.2) is 0 Å². The zero-order valence-corrected chi connectivity index (χ0v) is 16.8. The summed E-state index contributed by atoms with van der Waals surface area (Å²) in [5.41, 5.74) is -1.69. The van der Waals surface area contributed by atoms with E-state index in [9.17, 15) is 19.5 Å². The van der Waals surface area contributed by atoms with Crippen LogP contribution >= 0.6 is 0 Å². The first-order chi connectivity index (χ1) is 11.7. The van der Waals surface area contributed by atoms with E-state index >= 15 is 0 Å². The number of hydrogen-bond acceptors (Lipinski definition) is 8. The van der Waals surface area contributed by atoms with E-state index in [1.165, 1.54) is 7.11 Å². The molecule has 0 saturated carbocycles. The third kappa shape index (κ3) is 9.00. The van der Waals surface area contributed by atoms with Crippen LogP contribution in [0, 0.1) is 0 Å². The Balaban J connectivity index is 5.72. The van der Waals surface area contributed by atoms with Crippen molar-refractivity contribution >= 4 is 18.0 Å². The average Bonchev–Trinajstić information content (AvgIpc) is 2.46. The fourth-order valence-corrected chi connectivity index (χ4v) is 1.92. The second kappa shape index (κ2) is 9.72. The van der Waals surface area contributed by atoms with E-state index in [1.807, 2.05) is 0 Å². The van der Waals surface area contributed by atoms with Crippen molar-refractivity contribution in [2.45, 2.75) is 78.0 Å². The summed E-state index contributed by atoms with van der Waals surface area (Å²) in [6.45, 7) is 9.94. The molecule has 152 valence electrons. The average molecular weight is 377 g/mol. The van der Waals surface area contributed by atoms with Gasteiger partial charge in [-0.25, -0.2) is 14.5 Å². The van der Waals surface area contributed by atoms with Crippen LogP contribution < -0.4 is 0 Å². The molecule has 1 unspecified atom stereocenters. The van der Waals surface area contributed by atoms with Crippen molar-refractivity contribution < 1.29 is 38.4 Å². The largest absolute Gasteiger partial charge is 0.469 e. The van der Waals surface area contributed by atoms with E-state index in [0.717, 1.165) is 12.0 Å². The summed E-state index contributed by atoms with van der Waals surface area (Å²) in [4.78, 5) is 37.0. The first-order valence-electron chi connectivity index (χ1n) is 8.23. The molecule has 0 aromatic rings. The van der Waals surface area contributed by atoms with Gasteiger partial charge in [0, 0.05) is 6.42 Å². The molecule has 0 heterocycles. The van der Waals surface area contributed by atoms with Crippen LogP contribution in [0.4, 0.5) is 4.79 Å². The Bertz CT molecular complexity index is 492. The van der Waals surface area contributed by atoms with E-state index in [0.29, 0.717) is 0 Å². The smallest absolute Gasteiger partial charge is 0.415 e. The number of aliphatic hydroxyl groups is 1. The number of ether oxygens (including phenoxy) is 4. The Kier molecular flexibility index (Phi) is 9.03. The monoisotopic (exact) mass is 377 g/mol. The third-order valence-corrected chi connectivity index (χ3v) is 2.96. The van der Waals surface area contributed by atoms with Crippen molar-refractivity contribution in [1.29, 1.82) is 0 Å². The first kappa shape index (κ1) is 24.1. The zero-order valence-electron chi connectivity index (χ0n) is 16.8. The van der Waals surface area contributed by atoms with Gasteiger partial charge in [-0.2, -0.15) is 0 Å². The number of rotatable bonds is 7. The minimum atomic E-state index is -1.79. The van der Waals surface area contributed by atoms with Gasteiger partial charge in [-0.3, -0.25) is 4.79 Å². The van der Waals surface area contributed by atoms with Crippen molar-refractivity contribution in [3.63, 3.8) is 0 Å². The number of carbonyl (C=O) groups is 3. The van der Waals surface area contributed by atoms with Gasteiger partial charge in [-0.15, -0.1) is 0 Å². The SMILES string of the molecule is COC(=O)CC[C@@H](C(=O)OC)N(C(=O)OC(C)(C)C)C(O)OC(C)(C)C. The second-order valence-corrected chi connectivity index (χ2v) is 7.60. The highest BCUT2D eigenvalue weighted by Crippen LogP contribution is 2.21. The van der Waals surface area contributed by atoms with Crippen LogP contribution in [0.15, 0.2) is 0 Å². The van der Waals surface area contributed by atoms with Gasteiger partial charge in [0.2, 0.25) is 6.41 Å². The molecule has 0 aliphatic rings. The maximum absolute atomic E-state index is 12.6. The molecule has 0 saturated heterocycles. The molecule has 0 aromatic heterocycles. The summed E-state index contributed by atoms with van der Waals surface area (Å²) in [7, 11) is 2.34. The van der Waals surface area contributed by atoms with E-state index in [-0.39, 0.29) is 12.8 Å². The molecule has 0 bridgehead atoms. The fraction of sp³-hybridized carbons (Fsp3) is 0.824. The van der Waals surface area contributed by atoms with E-state index < -0.39 is 41.7 Å². The van der Waals surface area contributed by atoms with Crippen LogP contribution in [0.25, 0.3) is 0 Å². The molecule has 1 N–H and O–H groups in total. The maximum atomic E-state index is 12.6. The lowest BCUT2D eigenvalue weighted by Gasteiger charge is -2.37. The summed E-state index contributed by atoms with van der Waals surface area (Å²) in [5.74, 6) is -1.40. The summed E-state index contributed by atoms with van der Waals surface area (Å²) in [5, 5.41) is 10.4. The van der Waals surface area contributed by atoms with Crippen LogP contribution in [0.5, 0.6) is 0 Å². The minimum Gasteiger partial charge on any atom is -0.469 e. The van der Waals surface area contributed by atoms with Gasteiger partial charge in [-0.05, 0) is 48.0 Å². The molecule has 9 heteroatoms. The number of methoxy groups -OCH3 is 2. The molecule has 0 rings (SSSR count). The van der Waals surface area contributed by atoms with E-state index in [1.54, 1.807) is 41.5 Å². The number of amides is 1. The van der Waals surface area contributed by atoms with Gasteiger partial charge in [0.1, 0.15) is 11.6 Å². The molecule has 0 radical (unpaired) electrons. The molecule has 1 amide bonds. The number of carbonyl (C=O) groups excluding carboxylic acids is 3. The zero-order chi connectivity index (χ0) is 20.7. The van der Waals surface area contributed by atoms with Crippen LogP contribution in [0.3, 0.4) is 0 Å². The number of hydrogen-bond donors (Lipinski definition) is 1. The van der Waals surface area contributed by atoms with E-state index in [2.05, 4.69) is 4.74 Å². The molecule has 0 aliphatic heterocycles. The molecule has 2 atom stereocenters. The van der Waals surface area contributed by atoms with Gasteiger partial charge in [-0.1, -0.05) is 0 Å². The summed E-state index contributed by atoms with van der Waals surface area (Å²) in [6.07, 6.45) is -3.07. The lowest BCUT2D eigenvalue weighted by Crippen LogP contribution is -2.55. The molecular formula is C17H31NO8. The first-order valence-corrected chi connectivity index (χ1v) is 8.23. The highest BCUT2D eigenvalue weighted by Gasteiger charge is 2.40. The second-order valence-electron chi connectivity index (χ2n) is 7.60. The van der Waals surface area contributed by atoms with E-state index in [4.69, 9.17) is 14.2 Å². The number of nitrogens with zero attached hydrogens (tertiary/aromatic N) is 1. The molecule has 26 heavy (non-hydrogen) atoms. The van der Waals surface area contributed by atoms with Crippen molar-refractivity contribution in [2.75, 3.05) is 14.2 Å². The van der Waals surface area contributed by atoms with Gasteiger partial charge in [0.25, 0.3) is 0 Å². The standard InChI is InChI=1S/C17H31NO8/c1-16(2,3)25-14(21)18(15(22)26-17(4,5)6)11(13(20)24-8)9-10-12(19)23-7/h11,14,21H,9-10H2,1-8H3/t11-,14?/m0/s1. The molecule has 0 spiro atoms. The maximum Gasteiger partial charge on any atom is 0.415 e. The Morgan fingerprint density at radius 1 is 0.962 bits per heavy atom. The quantitative estimate of drug-likeness (QED) is 0.406. The normalized spacial score (nSPS) is 14.2. The molecular weight excluding hydrogens is 346 g/mol. The minimum absolute atomic E-state index is 0.136. The van der Waals surface area contributed by atoms with Crippen LogP contribution in [-0.4, -0.2) is 65.9 Å². The van der Waals surface area contributed by atoms with Crippen molar-refractivity contribution in [3.8, 4) is 0 Å². The number of esters is 2. The lowest BCUT2D eigenvalue weighted by molar-refractivity contribution is -0.241. The Labute approximate surface area is 154 Å². The molecule has 0 aromatic carbocycles. The third-order valence-electron chi connectivity index (χ3n) is 2.96. The summed E-state index contributed by atoms with van der Waals surface area (Å²) < 4.78 is 19.9. The van der Waals surface area contributed by atoms with Crippen molar-refractivity contribution in [1.82, 2.24) is 4.90 Å². The number of aliphatic hydroxyl groups excluding tert-OH is 1. The molecule has 9 nitrogen and oxygen atoms in total. The lowest BCUT2D eigenvalue weighted by atomic mass is 10.1. The Morgan fingerprint density at radius 3 is 1.88 bits per heavy atom. The van der Waals surface area contributed by atoms with Crippen molar-refractivity contribution in [3.05, 3.63) is 0 Å². The topological polar surface area (TPSA) is 112 Å². The van der Waals surface area contributed by atoms with Gasteiger partial charge < -0.3 is 24.1 Å². The fourth-order valence-electron chi connectivity index (χ4n) is 1.92. The highest BCUT2D eigenvalue weighted by molar-refractivity contribution is 5.82.